The Morgan fingerprint density at radius 3 is 2.26 bits per heavy atom. The van der Waals surface area contributed by atoms with Crippen molar-refractivity contribution in [3.05, 3.63) is 34.4 Å². The molecule has 0 amide bonds. The number of nitrogens with one attached hydrogen (secondary N) is 1. The minimum atomic E-state index is -0.383. The van der Waals surface area contributed by atoms with E-state index in [-0.39, 0.29) is 12.0 Å². The standard InChI is InChI=1S/C16H25NO2/c1-10(2)9-17-15(16(18)19-6)14-8-12(4)11(3)7-13(14)5/h7-8,10,15,17H,9H2,1-6H3. The Morgan fingerprint density at radius 1 is 1.16 bits per heavy atom. The number of aryl methyl sites for hydroxylation is 3. The number of carbonyl (C=O) groups is 1. The SMILES string of the molecule is COC(=O)C(NCC(C)C)c1cc(C)c(C)cc1C. The van der Waals surface area contributed by atoms with Crippen molar-refractivity contribution in [2.45, 2.75) is 40.7 Å². The lowest BCUT2D eigenvalue weighted by atomic mass is 9.95. The highest BCUT2D eigenvalue weighted by Crippen LogP contribution is 2.23. The Bertz CT molecular complexity index is 452. The second-order valence-electron chi connectivity index (χ2n) is 5.55. The first-order valence-electron chi connectivity index (χ1n) is 6.75. The van der Waals surface area contributed by atoms with Crippen molar-refractivity contribution in [1.82, 2.24) is 5.32 Å². The molecule has 0 bridgehead atoms. The van der Waals surface area contributed by atoms with Crippen molar-refractivity contribution >= 4 is 5.97 Å². The Balaban J connectivity index is 3.10. The quantitative estimate of drug-likeness (QED) is 0.830. The predicted molar refractivity (Wildman–Crippen MR) is 78.3 cm³/mol. The van der Waals surface area contributed by atoms with Crippen molar-refractivity contribution < 1.29 is 9.53 Å². The highest BCUT2D eigenvalue weighted by molar-refractivity contribution is 5.78. The predicted octanol–water partition coefficient (Wildman–Crippen LogP) is 3.07. The molecule has 0 spiro atoms. The van der Waals surface area contributed by atoms with Gasteiger partial charge in [-0.1, -0.05) is 26.0 Å². The first-order chi connectivity index (χ1) is 8.86. The maximum absolute atomic E-state index is 12.0. The van der Waals surface area contributed by atoms with Gasteiger partial charge in [0.2, 0.25) is 0 Å². The average Bonchev–Trinajstić information content (AvgIpc) is 2.34. The molecule has 1 N–H and O–H groups in total. The molecule has 1 aromatic carbocycles. The molecule has 0 radical (unpaired) electrons. The van der Waals surface area contributed by atoms with E-state index in [1.54, 1.807) is 0 Å². The molecule has 1 atom stereocenters. The summed E-state index contributed by atoms with van der Waals surface area (Å²) in [6.45, 7) is 11.2. The molecular formula is C16H25NO2. The Labute approximate surface area is 116 Å². The summed E-state index contributed by atoms with van der Waals surface area (Å²) in [6.07, 6.45) is 0. The van der Waals surface area contributed by atoms with E-state index in [1.165, 1.54) is 18.2 Å². The summed E-state index contributed by atoms with van der Waals surface area (Å²) in [5.74, 6) is 0.256. The van der Waals surface area contributed by atoms with Crippen LogP contribution in [-0.4, -0.2) is 19.6 Å². The summed E-state index contributed by atoms with van der Waals surface area (Å²) in [4.78, 5) is 12.0. The van der Waals surface area contributed by atoms with Crippen LogP contribution in [0, 0.1) is 26.7 Å². The largest absolute Gasteiger partial charge is 0.468 e. The first kappa shape index (κ1) is 15.7. The van der Waals surface area contributed by atoms with Crippen molar-refractivity contribution in [3.63, 3.8) is 0 Å². The fourth-order valence-electron chi connectivity index (χ4n) is 2.09. The van der Waals surface area contributed by atoms with Crippen LogP contribution >= 0.6 is 0 Å². The Kier molecular flexibility index (Phi) is 5.55. The zero-order chi connectivity index (χ0) is 14.6. The van der Waals surface area contributed by atoms with E-state index < -0.39 is 0 Å². The number of hydrogen-bond acceptors (Lipinski definition) is 3. The van der Waals surface area contributed by atoms with Gasteiger partial charge in [-0.05, 0) is 55.5 Å². The van der Waals surface area contributed by atoms with Gasteiger partial charge >= 0.3 is 5.97 Å². The van der Waals surface area contributed by atoms with Gasteiger partial charge in [0, 0.05) is 0 Å². The molecular weight excluding hydrogens is 238 g/mol. The molecule has 106 valence electrons. The van der Waals surface area contributed by atoms with Crippen LogP contribution in [0.15, 0.2) is 12.1 Å². The van der Waals surface area contributed by atoms with E-state index in [2.05, 4.69) is 45.1 Å². The van der Waals surface area contributed by atoms with Crippen LogP contribution in [0.4, 0.5) is 0 Å². The lowest BCUT2D eigenvalue weighted by Gasteiger charge is -2.21. The fraction of sp³-hybridized carbons (Fsp3) is 0.562. The summed E-state index contributed by atoms with van der Waals surface area (Å²) in [5.41, 5.74) is 4.57. The van der Waals surface area contributed by atoms with Gasteiger partial charge in [0.05, 0.1) is 7.11 Å². The third kappa shape index (κ3) is 4.06. The van der Waals surface area contributed by atoms with Gasteiger partial charge in [-0.25, -0.2) is 4.79 Å². The van der Waals surface area contributed by atoms with Gasteiger partial charge in [-0.3, -0.25) is 0 Å². The van der Waals surface area contributed by atoms with Gasteiger partial charge < -0.3 is 10.1 Å². The maximum atomic E-state index is 12.0. The summed E-state index contributed by atoms with van der Waals surface area (Å²) < 4.78 is 4.92. The fourth-order valence-corrected chi connectivity index (χ4v) is 2.09. The highest BCUT2D eigenvalue weighted by Gasteiger charge is 2.23. The Hall–Kier alpha value is -1.35. The summed E-state index contributed by atoms with van der Waals surface area (Å²) >= 11 is 0. The molecule has 3 nitrogen and oxygen atoms in total. The highest BCUT2D eigenvalue weighted by atomic mass is 16.5. The van der Waals surface area contributed by atoms with Gasteiger partial charge in [0.25, 0.3) is 0 Å². The third-order valence-electron chi connectivity index (χ3n) is 3.36. The lowest BCUT2D eigenvalue weighted by molar-refractivity contribution is -0.143. The second-order valence-corrected chi connectivity index (χ2v) is 5.55. The van der Waals surface area contributed by atoms with E-state index in [0.717, 1.165) is 17.7 Å². The van der Waals surface area contributed by atoms with Crippen LogP contribution in [0.1, 0.15) is 42.1 Å². The number of carbonyl (C=O) groups excluding carboxylic acids is 1. The van der Waals surface area contributed by atoms with Crippen molar-refractivity contribution in [3.8, 4) is 0 Å². The molecule has 1 unspecified atom stereocenters. The molecule has 0 fully saturated rings. The molecule has 0 heterocycles. The van der Waals surface area contributed by atoms with Crippen molar-refractivity contribution in [2.75, 3.05) is 13.7 Å². The molecule has 0 aliphatic heterocycles. The van der Waals surface area contributed by atoms with E-state index in [4.69, 9.17) is 4.74 Å². The van der Waals surface area contributed by atoms with E-state index in [0.29, 0.717) is 5.92 Å². The zero-order valence-corrected chi connectivity index (χ0v) is 12.8. The summed E-state index contributed by atoms with van der Waals surface area (Å²) in [5, 5.41) is 3.30. The van der Waals surface area contributed by atoms with Crippen LogP contribution in [0.5, 0.6) is 0 Å². The number of rotatable bonds is 5. The van der Waals surface area contributed by atoms with Crippen molar-refractivity contribution in [1.29, 1.82) is 0 Å². The Morgan fingerprint density at radius 2 is 1.74 bits per heavy atom. The summed E-state index contributed by atoms with van der Waals surface area (Å²) in [7, 11) is 1.43. The van der Waals surface area contributed by atoms with Crippen LogP contribution in [-0.2, 0) is 9.53 Å². The molecule has 3 heteroatoms. The van der Waals surface area contributed by atoms with E-state index in [9.17, 15) is 4.79 Å². The topological polar surface area (TPSA) is 38.3 Å². The number of benzene rings is 1. The zero-order valence-electron chi connectivity index (χ0n) is 12.8. The van der Waals surface area contributed by atoms with Gasteiger partial charge in [-0.15, -0.1) is 0 Å². The first-order valence-corrected chi connectivity index (χ1v) is 6.75. The smallest absolute Gasteiger partial charge is 0.327 e. The number of hydrogen-bond donors (Lipinski definition) is 1. The molecule has 19 heavy (non-hydrogen) atoms. The molecule has 1 aromatic rings. The van der Waals surface area contributed by atoms with Gasteiger partial charge in [0.1, 0.15) is 6.04 Å². The molecule has 0 saturated heterocycles. The van der Waals surface area contributed by atoms with Crippen LogP contribution in [0.25, 0.3) is 0 Å². The van der Waals surface area contributed by atoms with Crippen molar-refractivity contribution in [2.24, 2.45) is 5.92 Å². The second kappa shape index (κ2) is 6.71. The summed E-state index contributed by atoms with van der Waals surface area (Å²) in [6, 6.07) is 3.82. The minimum absolute atomic E-state index is 0.230. The van der Waals surface area contributed by atoms with Crippen LogP contribution < -0.4 is 5.32 Å². The molecule has 0 aliphatic rings. The molecule has 0 aliphatic carbocycles. The molecule has 0 aromatic heterocycles. The third-order valence-corrected chi connectivity index (χ3v) is 3.36. The minimum Gasteiger partial charge on any atom is -0.468 e. The van der Waals surface area contributed by atoms with Gasteiger partial charge in [0.15, 0.2) is 0 Å². The van der Waals surface area contributed by atoms with E-state index in [1.807, 2.05) is 6.92 Å². The molecule has 0 saturated carbocycles. The van der Waals surface area contributed by atoms with Crippen LogP contribution in [0.3, 0.4) is 0 Å². The van der Waals surface area contributed by atoms with E-state index >= 15 is 0 Å². The van der Waals surface area contributed by atoms with Gasteiger partial charge in [-0.2, -0.15) is 0 Å². The monoisotopic (exact) mass is 263 g/mol. The molecule has 1 rings (SSSR count). The van der Waals surface area contributed by atoms with Crippen LogP contribution in [0.2, 0.25) is 0 Å². The number of methoxy groups -OCH3 is 1. The average molecular weight is 263 g/mol. The normalized spacial score (nSPS) is 12.6. The number of ether oxygens (including phenoxy) is 1. The maximum Gasteiger partial charge on any atom is 0.327 e. The lowest BCUT2D eigenvalue weighted by Crippen LogP contribution is -2.32. The number of esters is 1.